The van der Waals surface area contributed by atoms with Gasteiger partial charge in [-0.3, -0.25) is 4.79 Å². The molecule has 0 aromatic rings. The second kappa shape index (κ2) is 5.90. The van der Waals surface area contributed by atoms with Crippen LogP contribution in [0.25, 0.3) is 0 Å². The number of carbonyl (C=O) groups is 3. The second-order valence-electron chi connectivity index (χ2n) is 4.72. The molecule has 0 aromatic carbocycles. The molecule has 1 atom stereocenters. The Balaban J connectivity index is 2.48. The minimum atomic E-state index is -1.14. The molecule has 19 heavy (non-hydrogen) atoms. The summed E-state index contributed by atoms with van der Waals surface area (Å²) >= 11 is 0. The SMILES string of the molecule is CCN(CC)C(=O)C(C)NC(=O)NC1(C(=O)O)CC1. The van der Waals surface area contributed by atoms with Gasteiger partial charge in [0.05, 0.1) is 0 Å². The smallest absolute Gasteiger partial charge is 0.329 e. The number of carbonyl (C=O) groups excluding carboxylic acids is 2. The van der Waals surface area contributed by atoms with E-state index in [1.54, 1.807) is 11.8 Å². The van der Waals surface area contributed by atoms with Gasteiger partial charge in [0, 0.05) is 13.1 Å². The summed E-state index contributed by atoms with van der Waals surface area (Å²) in [6, 6.07) is -1.29. The van der Waals surface area contributed by atoms with Crippen molar-refractivity contribution in [1.29, 1.82) is 0 Å². The van der Waals surface area contributed by atoms with E-state index < -0.39 is 23.6 Å². The molecule has 7 nitrogen and oxygen atoms in total. The van der Waals surface area contributed by atoms with Gasteiger partial charge in [-0.2, -0.15) is 0 Å². The van der Waals surface area contributed by atoms with Crippen LogP contribution in [0, 0.1) is 0 Å². The van der Waals surface area contributed by atoms with Crippen LogP contribution in [0.3, 0.4) is 0 Å². The van der Waals surface area contributed by atoms with Crippen LogP contribution in [0.5, 0.6) is 0 Å². The Hall–Kier alpha value is -1.79. The van der Waals surface area contributed by atoms with Gasteiger partial charge in [-0.1, -0.05) is 0 Å². The lowest BCUT2D eigenvalue weighted by molar-refractivity contribution is -0.140. The number of carboxylic acids is 1. The van der Waals surface area contributed by atoms with E-state index >= 15 is 0 Å². The zero-order valence-electron chi connectivity index (χ0n) is 11.5. The fourth-order valence-corrected chi connectivity index (χ4v) is 1.84. The van der Waals surface area contributed by atoms with Gasteiger partial charge in [0.1, 0.15) is 11.6 Å². The lowest BCUT2D eigenvalue weighted by Crippen LogP contribution is -2.53. The summed E-state index contributed by atoms with van der Waals surface area (Å²) in [5.41, 5.74) is -1.14. The summed E-state index contributed by atoms with van der Waals surface area (Å²) in [6.07, 6.45) is 0.849. The highest BCUT2D eigenvalue weighted by Gasteiger charge is 2.51. The topological polar surface area (TPSA) is 98.7 Å². The monoisotopic (exact) mass is 271 g/mol. The van der Waals surface area contributed by atoms with Gasteiger partial charge in [-0.25, -0.2) is 9.59 Å². The van der Waals surface area contributed by atoms with Crippen LogP contribution in [-0.2, 0) is 9.59 Å². The highest BCUT2D eigenvalue weighted by Crippen LogP contribution is 2.35. The van der Waals surface area contributed by atoms with Crippen molar-refractivity contribution >= 4 is 17.9 Å². The molecule has 3 amide bonds. The number of nitrogens with one attached hydrogen (secondary N) is 2. The van der Waals surface area contributed by atoms with Gasteiger partial charge < -0.3 is 20.6 Å². The number of amides is 3. The van der Waals surface area contributed by atoms with Gasteiger partial charge in [0.25, 0.3) is 0 Å². The van der Waals surface area contributed by atoms with Crippen LogP contribution in [0.1, 0.15) is 33.6 Å². The van der Waals surface area contributed by atoms with Crippen molar-refractivity contribution in [2.24, 2.45) is 0 Å². The molecule has 0 spiro atoms. The van der Waals surface area contributed by atoms with Crippen LogP contribution in [0.4, 0.5) is 4.79 Å². The van der Waals surface area contributed by atoms with Gasteiger partial charge in [0.2, 0.25) is 5.91 Å². The standard InChI is InChI=1S/C12H21N3O4/c1-4-15(5-2)9(16)8(3)13-11(19)14-12(6-7-12)10(17)18/h8H,4-7H2,1-3H3,(H,17,18)(H2,13,14,19). The molecule has 1 fully saturated rings. The third-order valence-electron chi connectivity index (χ3n) is 3.31. The largest absolute Gasteiger partial charge is 0.480 e. The van der Waals surface area contributed by atoms with E-state index in [4.69, 9.17) is 5.11 Å². The normalized spacial score (nSPS) is 17.2. The number of hydrogen-bond donors (Lipinski definition) is 3. The summed E-state index contributed by atoms with van der Waals surface area (Å²) < 4.78 is 0. The fraction of sp³-hybridized carbons (Fsp3) is 0.750. The van der Waals surface area contributed by atoms with Gasteiger partial charge in [0.15, 0.2) is 0 Å². The van der Waals surface area contributed by atoms with Crippen LogP contribution < -0.4 is 10.6 Å². The molecular formula is C12H21N3O4. The molecule has 3 N–H and O–H groups in total. The van der Waals surface area contributed by atoms with Crippen molar-refractivity contribution in [3.05, 3.63) is 0 Å². The predicted octanol–water partition coefficient (Wildman–Crippen LogP) is 0.160. The lowest BCUT2D eigenvalue weighted by atomic mass is 10.2. The minimum absolute atomic E-state index is 0.180. The minimum Gasteiger partial charge on any atom is -0.480 e. The molecule has 0 heterocycles. The average molecular weight is 271 g/mol. The number of urea groups is 1. The van der Waals surface area contributed by atoms with E-state index in [1.165, 1.54) is 0 Å². The highest BCUT2D eigenvalue weighted by atomic mass is 16.4. The third-order valence-corrected chi connectivity index (χ3v) is 3.31. The molecule has 1 unspecified atom stereocenters. The summed E-state index contributed by atoms with van der Waals surface area (Å²) in [7, 11) is 0. The molecule has 7 heteroatoms. The maximum atomic E-state index is 11.9. The number of likely N-dealkylation sites (N-methyl/N-ethyl adjacent to an activating group) is 1. The lowest BCUT2D eigenvalue weighted by Gasteiger charge is -2.24. The van der Waals surface area contributed by atoms with E-state index in [2.05, 4.69) is 10.6 Å². The summed E-state index contributed by atoms with van der Waals surface area (Å²) in [6.45, 7) is 6.44. The van der Waals surface area contributed by atoms with E-state index in [0.29, 0.717) is 25.9 Å². The Morgan fingerprint density at radius 3 is 2.16 bits per heavy atom. The maximum Gasteiger partial charge on any atom is 0.329 e. The van der Waals surface area contributed by atoms with Crippen molar-refractivity contribution < 1.29 is 19.5 Å². The molecule has 1 rings (SSSR count). The molecule has 0 bridgehead atoms. The number of aliphatic carboxylic acids is 1. The summed E-state index contributed by atoms with van der Waals surface area (Å²) in [4.78, 5) is 36.1. The van der Waals surface area contributed by atoms with Gasteiger partial charge in [-0.05, 0) is 33.6 Å². The maximum absolute atomic E-state index is 11.9. The number of hydrogen-bond acceptors (Lipinski definition) is 3. The van der Waals surface area contributed by atoms with Crippen molar-refractivity contribution in [3.8, 4) is 0 Å². The molecule has 0 aromatic heterocycles. The highest BCUT2D eigenvalue weighted by molar-refractivity contribution is 5.91. The molecular weight excluding hydrogens is 250 g/mol. The molecule has 108 valence electrons. The number of nitrogens with zero attached hydrogens (tertiary/aromatic N) is 1. The van der Waals surface area contributed by atoms with Crippen molar-refractivity contribution in [1.82, 2.24) is 15.5 Å². The summed E-state index contributed by atoms with van der Waals surface area (Å²) in [5.74, 6) is -1.22. The first kappa shape index (κ1) is 15.3. The van der Waals surface area contributed by atoms with Crippen LogP contribution in [0.2, 0.25) is 0 Å². The third kappa shape index (κ3) is 3.59. The van der Waals surface area contributed by atoms with E-state index in [-0.39, 0.29) is 5.91 Å². The van der Waals surface area contributed by atoms with Gasteiger partial charge >= 0.3 is 12.0 Å². The fourth-order valence-electron chi connectivity index (χ4n) is 1.84. The zero-order valence-corrected chi connectivity index (χ0v) is 11.5. The first-order chi connectivity index (χ1) is 8.86. The Morgan fingerprint density at radius 1 is 1.26 bits per heavy atom. The van der Waals surface area contributed by atoms with Crippen molar-refractivity contribution in [2.75, 3.05) is 13.1 Å². The quantitative estimate of drug-likeness (QED) is 0.641. The van der Waals surface area contributed by atoms with Crippen molar-refractivity contribution in [2.45, 2.75) is 45.2 Å². The Labute approximate surface area is 112 Å². The predicted molar refractivity (Wildman–Crippen MR) is 68.7 cm³/mol. The van der Waals surface area contributed by atoms with Crippen LogP contribution in [0.15, 0.2) is 0 Å². The number of carboxylic acid groups (broad SMARTS) is 1. The van der Waals surface area contributed by atoms with E-state index in [1.807, 2.05) is 13.8 Å². The molecule has 1 aliphatic rings. The van der Waals surface area contributed by atoms with Crippen molar-refractivity contribution in [3.63, 3.8) is 0 Å². The average Bonchev–Trinajstić information content (AvgIpc) is 3.11. The molecule has 0 aliphatic heterocycles. The Morgan fingerprint density at radius 2 is 1.79 bits per heavy atom. The molecule has 1 saturated carbocycles. The van der Waals surface area contributed by atoms with E-state index in [9.17, 15) is 14.4 Å². The first-order valence-electron chi connectivity index (χ1n) is 6.47. The first-order valence-corrected chi connectivity index (χ1v) is 6.47. The van der Waals surface area contributed by atoms with Gasteiger partial charge in [-0.15, -0.1) is 0 Å². The van der Waals surface area contributed by atoms with Crippen LogP contribution in [-0.4, -0.2) is 52.6 Å². The second-order valence-corrected chi connectivity index (χ2v) is 4.72. The zero-order chi connectivity index (χ0) is 14.6. The van der Waals surface area contributed by atoms with E-state index in [0.717, 1.165) is 0 Å². The molecule has 1 aliphatic carbocycles. The number of rotatable bonds is 6. The molecule has 0 radical (unpaired) electrons. The molecule has 0 saturated heterocycles. The Kier molecular flexibility index (Phi) is 4.74. The Bertz CT molecular complexity index is 375. The van der Waals surface area contributed by atoms with Crippen LogP contribution >= 0.6 is 0 Å². The summed E-state index contributed by atoms with van der Waals surface area (Å²) in [5, 5.41) is 13.8.